The first-order valence-corrected chi connectivity index (χ1v) is 4.36. The third-order valence-corrected chi connectivity index (χ3v) is 2.07. The molecule has 0 aliphatic carbocycles. The largest absolute Gasteiger partial charge is 0.497 e. The fraction of sp³-hybridized carbons (Fsp3) is 0.300. The van der Waals surface area contributed by atoms with Crippen molar-refractivity contribution >= 4 is 5.97 Å². The Morgan fingerprint density at radius 3 is 2.73 bits per heavy atom. The molecule has 0 bridgehead atoms. The summed E-state index contributed by atoms with van der Waals surface area (Å²) in [5, 5.41) is 17.8. The van der Waals surface area contributed by atoms with Crippen molar-refractivity contribution < 1.29 is 19.7 Å². The summed E-state index contributed by atoms with van der Waals surface area (Å²) >= 11 is 0. The predicted molar refractivity (Wildman–Crippen MR) is 53.6 cm³/mol. The lowest BCUT2D eigenvalue weighted by Crippen LogP contribution is -2.33. The Balaban J connectivity index is 2.90. The zero-order valence-corrected chi connectivity index (χ0v) is 8.25. The van der Waals surface area contributed by atoms with Crippen molar-refractivity contribution in [2.24, 2.45) is 5.73 Å². The fourth-order valence-electron chi connectivity index (χ4n) is 1.18. The first kappa shape index (κ1) is 11.5. The maximum atomic E-state index is 10.5. The molecule has 5 nitrogen and oxygen atoms in total. The van der Waals surface area contributed by atoms with Crippen LogP contribution in [0.1, 0.15) is 11.6 Å². The van der Waals surface area contributed by atoms with E-state index in [1.54, 1.807) is 24.3 Å². The molecule has 4 N–H and O–H groups in total. The fourth-order valence-corrected chi connectivity index (χ4v) is 1.18. The lowest BCUT2D eigenvalue weighted by molar-refractivity contribution is -0.147. The van der Waals surface area contributed by atoms with Crippen molar-refractivity contribution in [1.82, 2.24) is 0 Å². The van der Waals surface area contributed by atoms with Crippen molar-refractivity contribution in [2.45, 2.75) is 12.1 Å². The van der Waals surface area contributed by atoms with Crippen LogP contribution in [-0.2, 0) is 4.79 Å². The molecule has 15 heavy (non-hydrogen) atoms. The molecule has 0 amide bonds. The molecule has 0 unspecified atom stereocenters. The zero-order chi connectivity index (χ0) is 11.4. The molecule has 0 spiro atoms. The molecule has 82 valence electrons. The Morgan fingerprint density at radius 2 is 2.20 bits per heavy atom. The molecule has 2 atom stereocenters. The zero-order valence-electron chi connectivity index (χ0n) is 8.25. The van der Waals surface area contributed by atoms with Gasteiger partial charge in [0.15, 0.2) is 6.10 Å². The summed E-state index contributed by atoms with van der Waals surface area (Å²) in [5.41, 5.74) is 6.09. The van der Waals surface area contributed by atoms with Crippen LogP contribution in [0.3, 0.4) is 0 Å². The van der Waals surface area contributed by atoms with Crippen molar-refractivity contribution in [2.75, 3.05) is 7.11 Å². The van der Waals surface area contributed by atoms with E-state index < -0.39 is 18.1 Å². The van der Waals surface area contributed by atoms with Gasteiger partial charge in [-0.05, 0) is 17.7 Å². The van der Waals surface area contributed by atoms with Crippen molar-refractivity contribution in [1.29, 1.82) is 0 Å². The van der Waals surface area contributed by atoms with Crippen LogP contribution < -0.4 is 10.5 Å². The maximum absolute atomic E-state index is 10.5. The third-order valence-electron chi connectivity index (χ3n) is 2.07. The minimum atomic E-state index is -1.61. The van der Waals surface area contributed by atoms with Crippen LogP contribution in [0.15, 0.2) is 24.3 Å². The Morgan fingerprint density at radius 1 is 1.53 bits per heavy atom. The monoisotopic (exact) mass is 211 g/mol. The summed E-state index contributed by atoms with van der Waals surface area (Å²) in [6.45, 7) is 0. The molecule has 0 radical (unpaired) electrons. The lowest BCUT2D eigenvalue weighted by atomic mass is 10.0. The molecule has 0 saturated carbocycles. The number of aliphatic carboxylic acids is 1. The summed E-state index contributed by atoms with van der Waals surface area (Å²) in [4.78, 5) is 10.5. The molecule has 0 fully saturated rings. The summed E-state index contributed by atoms with van der Waals surface area (Å²) in [5.74, 6) is -0.772. The van der Waals surface area contributed by atoms with E-state index in [2.05, 4.69) is 0 Å². The van der Waals surface area contributed by atoms with Crippen molar-refractivity contribution in [3.63, 3.8) is 0 Å². The van der Waals surface area contributed by atoms with E-state index in [9.17, 15) is 9.90 Å². The van der Waals surface area contributed by atoms with Gasteiger partial charge >= 0.3 is 5.97 Å². The second-order valence-corrected chi connectivity index (χ2v) is 3.09. The smallest absolute Gasteiger partial charge is 0.334 e. The van der Waals surface area contributed by atoms with Crippen LogP contribution in [-0.4, -0.2) is 29.4 Å². The molecule has 0 aliphatic heterocycles. The Hall–Kier alpha value is -1.59. The maximum Gasteiger partial charge on any atom is 0.334 e. The quantitative estimate of drug-likeness (QED) is 0.658. The van der Waals surface area contributed by atoms with E-state index in [1.807, 2.05) is 0 Å². The lowest BCUT2D eigenvalue weighted by Gasteiger charge is -2.15. The highest BCUT2D eigenvalue weighted by atomic mass is 16.5. The summed E-state index contributed by atoms with van der Waals surface area (Å²) < 4.78 is 4.96. The highest BCUT2D eigenvalue weighted by Crippen LogP contribution is 2.19. The summed E-state index contributed by atoms with van der Waals surface area (Å²) in [6.07, 6.45) is -1.61. The van der Waals surface area contributed by atoms with Crippen molar-refractivity contribution in [3.8, 4) is 5.75 Å². The van der Waals surface area contributed by atoms with Crippen LogP contribution in [0.5, 0.6) is 5.75 Å². The molecule has 0 aromatic heterocycles. The number of carboxylic acids is 1. The van der Waals surface area contributed by atoms with Crippen LogP contribution in [0.25, 0.3) is 0 Å². The van der Waals surface area contributed by atoms with Gasteiger partial charge in [0.05, 0.1) is 13.2 Å². The van der Waals surface area contributed by atoms with Gasteiger partial charge < -0.3 is 20.7 Å². The second kappa shape index (κ2) is 4.77. The van der Waals surface area contributed by atoms with Gasteiger partial charge in [0.1, 0.15) is 5.75 Å². The first-order chi connectivity index (χ1) is 7.06. The molecule has 0 heterocycles. The number of aliphatic hydroxyl groups excluding tert-OH is 1. The number of rotatable bonds is 4. The van der Waals surface area contributed by atoms with E-state index in [1.165, 1.54) is 7.11 Å². The molecule has 5 heteroatoms. The minimum absolute atomic E-state index is 0.518. The number of aliphatic hydroxyl groups is 1. The average molecular weight is 211 g/mol. The molecule has 0 saturated heterocycles. The van der Waals surface area contributed by atoms with Gasteiger partial charge in [0.25, 0.3) is 0 Å². The van der Waals surface area contributed by atoms with Gasteiger partial charge in [0, 0.05) is 0 Å². The van der Waals surface area contributed by atoms with Crippen molar-refractivity contribution in [3.05, 3.63) is 29.8 Å². The topological polar surface area (TPSA) is 92.8 Å². The minimum Gasteiger partial charge on any atom is -0.497 e. The number of hydrogen-bond acceptors (Lipinski definition) is 4. The third kappa shape index (κ3) is 2.68. The second-order valence-electron chi connectivity index (χ2n) is 3.09. The Labute approximate surface area is 87.1 Å². The van der Waals surface area contributed by atoms with Crippen LogP contribution in [0.2, 0.25) is 0 Å². The number of hydrogen-bond donors (Lipinski definition) is 3. The average Bonchev–Trinajstić information content (AvgIpc) is 2.27. The van der Waals surface area contributed by atoms with Gasteiger partial charge in [-0.15, -0.1) is 0 Å². The van der Waals surface area contributed by atoms with E-state index in [-0.39, 0.29) is 0 Å². The van der Waals surface area contributed by atoms with Gasteiger partial charge in [-0.3, -0.25) is 0 Å². The van der Waals surface area contributed by atoms with E-state index in [0.717, 1.165) is 0 Å². The standard InChI is InChI=1S/C10H13NO4/c1-15-7-4-2-3-6(5-7)8(11)9(12)10(13)14/h2-5,8-9,12H,11H2,1H3,(H,13,14)/t8-,9-/m0/s1. The molecule has 1 aromatic rings. The number of carbonyl (C=O) groups is 1. The number of nitrogens with two attached hydrogens (primary N) is 1. The first-order valence-electron chi connectivity index (χ1n) is 4.36. The van der Waals surface area contributed by atoms with E-state index >= 15 is 0 Å². The van der Waals surface area contributed by atoms with Gasteiger partial charge in [-0.25, -0.2) is 4.79 Å². The highest BCUT2D eigenvalue weighted by molar-refractivity contribution is 5.73. The van der Waals surface area contributed by atoms with Crippen LogP contribution >= 0.6 is 0 Å². The molecule has 0 aliphatic rings. The highest BCUT2D eigenvalue weighted by Gasteiger charge is 2.23. The SMILES string of the molecule is COc1cccc([C@H](N)[C@H](O)C(=O)O)c1. The molecule has 1 aromatic carbocycles. The number of benzene rings is 1. The Bertz CT molecular complexity index is 353. The summed E-state index contributed by atoms with van der Waals surface area (Å²) in [7, 11) is 1.50. The van der Waals surface area contributed by atoms with E-state index in [4.69, 9.17) is 15.6 Å². The number of carboxylic acid groups (broad SMARTS) is 1. The molecular weight excluding hydrogens is 198 g/mol. The summed E-state index contributed by atoms with van der Waals surface area (Å²) in [6, 6.07) is 5.67. The Kier molecular flexibility index (Phi) is 3.65. The molecular formula is C10H13NO4. The van der Waals surface area contributed by atoms with Gasteiger partial charge in [0.2, 0.25) is 0 Å². The van der Waals surface area contributed by atoms with Crippen LogP contribution in [0.4, 0.5) is 0 Å². The van der Waals surface area contributed by atoms with Gasteiger partial charge in [-0.2, -0.15) is 0 Å². The number of ether oxygens (including phenoxy) is 1. The normalized spacial score (nSPS) is 14.3. The molecule has 1 rings (SSSR count). The predicted octanol–water partition coefficient (Wildman–Crippen LogP) is 0.140. The van der Waals surface area contributed by atoms with E-state index in [0.29, 0.717) is 11.3 Å². The van der Waals surface area contributed by atoms with Crippen LogP contribution in [0, 0.1) is 0 Å². The number of methoxy groups -OCH3 is 1. The van der Waals surface area contributed by atoms with Gasteiger partial charge in [-0.1, -0.05) is 12.1 Å².